The van der Waals surface area contributed by atoms with Crippen LogP contribution >= 0.6 is 0 Å². The number of carbonyl (C=O) groups excluding carboxylic acids is 3. The molecule has 0 saturated carbocycles. The molecule has 0 aromatic rings. The molecule has 0 unspecified atom stereocenters. The van der Waals surface area contributed by atoms with Crippen molar-refractivity contribution in [2.75, 3.05) is 7.11 Å². The minimum absolute atomic E-state index is 0.290. The van der Waals surface area contributed by atoms with E-state index in [1.54, 1.807) is 0 Å². The maximum Gasteiger partial charge on any atom is 0.346 e. The average Bonchev–Trinajstić information content (AvgIpc) is 2.03. The third kappa shape index (κ3) is 1.88. The number of aliphatic hydroxyl groups is 1. The molecule has 0 aromatic carbocycles. The van der Waals surface area contributed by atoms with Gasteiger partial charge in [-0.25, -0.2) is 4.79 Å². The highest BCUT2D eigenvalue weighted by molar-refractivity contribution is 6.07. The van der Waals surface area contributed by atoms with Gasteiger partial charge in [-0.15, -0.1) is 0 Å². The molecule has 5 nitrogen and oxygen atoms in total. The van der Waals surface area contributed by atoms with Crippen LogP contribution in [0, 0.1) is 0 Å². The second-order valence-electron chi connectivity index (χ2n) is 2.28. The SMILES string of the molecule is COC(=O)[C@@](O)(CC=O)C(C)=O. The molecule has 5 heteroatoms. The first-order valence-electron chi connectivity index (χ1n) is 3.24. The van der Waals surface area contributed by atoms with Crippen LogP contribution < -0.4 is 0 Å². The van der Waals surface area contributed by atoms with Crippen molar-refractivity contribution in [1.29, 1.82) is 0 Å². The number of esters is 1. The van der Waals surface area contributed by atoms with Gasteiger partial charge in [-0.3, -0.25) is 4.79 Å². The Labute approximate surface area is 69.3 Å². The molecule has 0 bridgehead atoms. The lowest BCUT2D eigenvalue weighted by atomic mass is 9.96. The van der Waals surface area contributed by atoms with Crippen LogP contribution in [0.25, 0.3) is 0 Å². The second-order valence-corrected chi connectivity index (χ2v) is 2.28. The number of hydrogen-bond donors (Lipinski definition) is 1. The van der Waals surface area contributed by atoms with E-state index in [1.165, 1.54) is 0 Å². The fourth-order valence-corrected chi connectivity index (χ4v) is 0.660. The lowest BCUT2D eigenvalue weighted by Gasteiger charge is -2.18. The Morgan fingerprint density at radius 2 is 2.08 bits per heavy atom. The fourth-order valence-electron chi connectivity index (χ4n) is 0.660. The van der Waals surface area contributed by atoms with Crippen LogP contribution in [0.3, 0.4) is 0 Å². The van der Waals surface area contributed by atoms with Crippen LogP contribution in [0.15, 0.2) is 0 Å². The summed E-state index contributed by atoms with van der Waals surface area (Å²) in [6, 6.07) is 0. The molecule has 1 atom stereocenters. The molecule has 0 rings (SSSR count). The van der Waals surface area contributed by atoms with Gasteiger partial charge in [-0.05, 0) is 6.92 Å². The number of aldehydes is 1. The molecule has 0 aliphatic rings. The van der Waals surface area contributed by atoms with Gasteiger partial charge in [-0.1, -0.05) is 0 Å². The van der Waals surface area contributed by atoms with Crippen LogP contribution in [0.2, 0.25) is 0 Å². The van der Waals surface area contributed by atoms with E-state index in [4.69, 9.17) is 0 Å². The number of Topliss-reactive ketones (excluding diaryl/α,β-unsaturated/α-hetero) is 1. The van der Waals surface area contributed by atoms with E-state index in [2.05, 4.69) is 4.74 Å². The number of methoxy groups -OCH3 is 1. The van der Waals surface area contributed by atoms with Crippen molar-refractivity contribution in [2.45, 2.75) is 18.9 Å². The molecular weight excluding hydrogens is 164 g/mol. The summed E-state index contributed by atoms with van der Waals surface area (Å²) in [4.78, 5) is 31.6. The Hall–Kier alpha value is -1.23. The van der Waals surface area contributed by atoms with Crippen LogP contribution in [-0.2, 0) is 19.1 Å². The first-order valence-corrected chi connectivity index (χ1v) is 3.24. The summed E-state index contributed by atoms with van der Waals surface area (Å²) < 4.78 is 4.16. The lowest BCUT2D eigenvalue weighted by molar-refractivity contribution is -0.168. The van der Waals surface area contributed by atoms with Crippen molar-refractivity contribution in [1.82, 2.24) is 0 Å². The van der Waals surface area contributed by atoms with E-state index in [9.17, 15) is 19.5 Å². The molecular formula is C7H10O5. The maximum absolute atomic E-state index is 10.8. The molecule has 0 aliphatic heterocycles. The van der Waals surface area contributed by atoms with Crippen LogP contribution in [-0.4, -0.2) is 35.9 Å². The normalized spacial score (nSPS) is 14.6. The maximum atomic E-state index is 10.8. The van der Waals surface area contributed by atoms with Crippen LogP contribution in [0.1, 0.15) is 13.3 Å². The first-order chi connectivity index (χ1) is 5.49. The van der Waals surface area contributed by atoms with Crippen molar-refractivity contribution in [3.63, 3.8) is 0 Å². The Morgan fingerprint density at radius 3 is 2.33 bits per heavy atom. The van der Waals surface area contributed by atoms with Crippen LogP contribution in [0.5, 0.6) is 0 Å². The third-order valence-electron chi connectivity index (χ3n) is 1.48. The second kappa shape index (κ2) is 3.96. The van der Waals surface area contributed by atoms with Crippen molar-refractivity contribution in [2.24, 2.45) is 0 Å². The van der Waals surface area contributed by atoms with E-state index in [0.717, 1.165) is 14.0 Å². The van der Waals surface area contributed by atoms with Gasteiger partial charge in [0.05, 0.1) is 13.5 Å². The number of carbonyl (C=O) groups is 3. The number of rotatable bonds is 4. The van der Waals surface area contributed by atoms with E-state index >= 15 is 0 Å². The highest BCUT2D eigenvalue weighted by atomic mass is 16.5. The van der Waals surface area contributed by atoms with Gasteiger partial charge in [0.1, 0.15) is 6.29 Å². The third-order valence-corrected chi connectivity index (χ3v) is 1.48. The Bertz CT molecular complexity index is 210. The predicted molar refractivity (Wildman–Crippen MR) is 38.3 cm³/mol. The number of ketones is 1. The molecule has 0 amide bonds. The molecule has 1 N–H and O–H groups in total. The molecule has 0 saturated heterocycles. The summed E-state index contributed by atoms with van der Waals surface area (Å²) in [5.74, 6) is -1.91. The van der Waals surface area contributed by atoms with Gasteiger partial charge in [0.25, 0.3) is 0 Å². The standard InChI is InChI=1S/C7H10O5/c1-5(9)7(11,3-4-8)6(10)12-2/h4,11H,3H2,1-2H3/t7-/m1/s1. The highest BCUT2D eigenvalue weighted by Crippen LogP contribution is 2.11. The smallest absolute Gasteiger partial charge is 0.346 e. The van der Waals surface area contributed by atoms with E-state index in [-0.39, 0.29) is 0 Å². The summed E-state index contributed by atoms with van der Waals surface area (Å²) in [6.07, 6.45) is -0.284. The van der Waals surface area contributed by atoms with Crippen molar-refractivity contribution >= 4 is 18.0 Å². The Morgan fingerprint density at radius 1 is 1.58 bits per heavy atom. The first kappa shape index (κ1) is 10.8. The number of hydrogen-bond acceptors (Lipinski definition) is 5. The monoisotopic (exact) mass is 174 g/mol. The van der Waals surface area contributed by atoms with Crippen LogP contribution in [0.4, 0.5) is 0 Å². The molecule has 0 fully saturated rings. The molecule has 68 valence electrons. The van der Waals surface area contributed by atoms with Crippen molar-refractivity contribution < 1.29 is 24.2 Å². The quantitative estimate of drug-likeness (QED) is 0.338. The zero-order chi connectivity index (χ0) is 9.78. The average molecular weight is 174 g/mol. The highest BCUT2D eigenvalue weighted by Gasteiger charge is 2.41. The van der Waals surface area contributed by atoms with Gasteiger partial charge in [0, 0.05) is 0 Å². The van der Waals surface area contributed by atoms with Crippen molar-refractivity contribution in [3.8, 4) is 0 Å². The fraction of sp³-hybridized carbons (Fsp3) is 0.571. The lowest BCUT2D eigenvalue weighted by Crippen LogP contribution is -2.46. The van der Waals surface area contributed by atoms with E-state index in [1.807, 2.05) is 0 Å². The van der Waals surface area contributed by atoms with Gasteiger partial charge in [0.2, 0.25) is 5.60 Å². The topological polar surface area (TPSA) is 80.7 Å². The molecule has 0 spiro atoms. The summed E-state index contributed by atoms with van der Waals surface area (Å²) in [7, 11) is 1.03. The summed E-state index contributed by atoms with van der Waals surface area (Å²) in [5.41, 5.74) is -2.31. The Kier molecular flexibility index (Phi) is 3.56. The minimum Gasteiger partial charge on any atom is -0.467 e. The van der Waals surface area contributed by atoms with Gasteiger partial charge in [-0.2, -0.15) is 0 Å². The number of ether oxygens (including phenoxy) is 1. The summed E-state index contributed by atoms with van der Waals surface area (Å²) in [6.45, 7) is 1.01. The Balaban J connectivity index is 4.72. The molecule has 0 aromatic heterocycles. The molecule has 0 heterocycles. The summed E-state index contributed by atoms with van der Waals surface area (Å²) in [5, 5.41) is 9.30. The van der Waals surface area contributed by atoms with Gasteiger partial charge in [0.15, 0.2) is 5.78 Å². The van der Waals surface area contributed by atoms with Gasteiger partial charge < -0.3 is 14.6 Å². The van der Waals surface area contributed by atoms with E-state index < -0.39 is 23.8 Å². The van der Waals surface area contributed by atoms with E-state index in [0.29, 0.717) is 6.29 Å². The minimum atomic E-state index is -2.31. The zero-order valence-corrected chi connectivity index (χ0v) is 6.86. The van der Waals surface area contributed by atoms with Gasteiger partial charge >= 0.3 is 5.97 Å². The molecule has 0 aliphatic carbocycles. The molecule has 0 radical (unpaired) electrons. The van der Waals surface area contributed by atoms with Crippen molar-refractivity contribution in [3.05, 3.63) is 0 Å². The zero-order valence-electron chi connectivity index (χ0n) is 6.86. The largest absolute Gasteiger partial charge is 0.467 e. The predicted octanol–water partition coefficient (Wildman–Crippen LogP) is -0.932. The molecule has 12 heavy (non-hydrogen) atoms. The summed E-state index contributed by atoms with van der Waals surface area (Å²) >= 11 is 0.